The molecular weight excluding hydrogens is 330 g/mol. The summed E-state index contributed by atoms with van der Waals surface area (Å²) >= 11 is 0. The third-order valence-electron chi connectivity index (χ3n) is 2.29. The fourth-order valence-electron chi connectivity index (χ4n) is 1.46. The van der Waals surface area contributed by atoms with E-state index in [1.165, 1.54) is 6.92 Å². The van der Waals surface area contributed by atoms with Crippen LogP contribution in [0.5, 0.6) is 0 Å². The summed E-state index contributed by atoms with van der Waals surface area (Å²) in [4.78, 5) is 9.44. The van der Waals surface area contributed by atoms with Crippen LogP contribution in [0.2, 0.25) is 0 Å². The molecule has 0 radical (unpaired) electrons. The van der Waals surface area contributed by atoms with Gasteiger partial charge in [-0.15, -0.1) is 9.35 Å². The summed E-state index contributed by atoms with van der Waals surface area (Å²) < 4.78 is 54.8. The molecule has 3 unspecified atom stereocenters. The highest BCUT2D eigenvalue weighted by molar-refractivity contribution is 7.48. The van der Waals surface area contributed by atoms with Gasteiger partial charge in [0.25, 0.3) is 0 Å². The average Bonchev–Trinajstić information content (AvgIpc) is 2.36. The molecule has 0 aromatic heterocycles. The van der Waals surface area contributed by atoms with Crippen LogP contribution in [0.1, 0.15) is 20.8 Å². The molecule has 10 nitrogen and oxygen atoms in total. The second-order valence-corrected chi connectivity index (χ2v) is 7.63. The van der Waals surface area contributed by atoms with Crippen molar-refractivity contribution in [1.29, 1.82) is 0 Å². The lowest BCUT2D eigenvalue weighted by Crippen LogP contribution is -2.22. The molecule has 2 heterocycles. The van der Waals surface area contributed by atoms with Crippen LogP contribution < -0.4 is 0 Å². The molecule has 12 heteroatoms. The van der Waals surface area contributed by atoms with Crippen molar-refractivity contribution in [3.05, 3.63) is 0 Å². The van der Waals surface area contributed by atoms with Crippen LogP contribution in [0.3, 0.4) is 0 Å². The summed E-state index contributed by atoms with van der Waals surface area (Å²) in [7, 11) is -7.99. The first-order chi connectivity index (χ1) is 9.80. The fraction of sp³-hybridized carbons (Fsp3) is 1.00. The Morgan fingerprint density at radius 3 is 1.62 bits per heavy atom. The monoisotopic (exact) mass is 348 g/mol. The number of fused-ring (bicyclic) bond motifs is 5. The maximum atomic E-state index is 12.6. The molecule has 0 aliphatic carbocycles. The predicted octanol–water partition coefficient (Wildman–Crippen LogP) is 2.36. The molecule has 0 aromatic carbocycles. The van der Waals surface area contributed by atoms with Crippen LogP contribution >= 0.6 is 15.6 Å². The minimum Gasteiger partial charge on any atom is -0.281 e. The van der Waals surface area contributed by atoms with Crippen molar-refractivity contribution < 1.29 is 46.3 Å². The lowest BCUT2D eigenvalue weighted by Gasteiger charge is -2.25. The van der Waals surface area contributed by atoms with Gasteiger partial charge < -0.3 is 0 Å². The molecule has 2 fully saturated rings. The van der Waals surface area contributed by atoms with Gasteiger partial charge in [0.2, 0.25) is 0 Å². The lowest BCUT2D eigenvalue weighted by molar-refractivity contribution is -0.292. The summed E-state index contributed by atoms with van der Waals surface area (Å²) in [5, 5.41) is 0. The maximum absolute atomic E-state index is 12.6. The third-order valence-corrected chi connectivity index (χ3v) is 5.18. The van der Waals surface area contributed by atoms with Gasteiger partial charge in [-0.3, -0.25) is 18.1 Å². The second kappa shape index (κ2) is 7.14. The highest BCUT2D eigenvalue weighted by Gasteiger charge is 2.39. The quantitative estimate of drug-likeness (QED) is 0.478. The number of rotatable bonds is 0. The van der Waals surface area contributed by atoms with E-state index < -0.39 is 34.0 Å². The largest absolute Gasteiger partial charge is 0.529 e. The van der Waals surface area contributed by atoms with E-state index in [4.69, 9.17) is 27.9 Å². The van der Waals surface area contributed by atoms with E-state index in [1.807, 2.05) is 0 Å². The van der Waals surface area contributed by atoms with Crippen molar-refractivity contribution in [2.24, 2.45) is 0 Å². The van der Waals surface area contributed by atoms with Gasteiger partial charge in [-0.05, 0) is 20.8 Å². The molecule has 124 valence electrons. The van der Waals surface area contributed by atoms with Gasteiger partial charge in [0.05, 0.1) is 24.9 Å². The van der Waals surface area contributed by atoms with Crippen LogP contribution in [-0.4, -0.2) is 38.1 Å². The molecule has 2 aliphatic heterocycles. The Hall–Kier alpha value is 0.140. The normalized spacial score (nSPS) is 46.9. The Bertz CT molecular complexity index is 416. The minimum atomic E-state index is -4.10. The van der Waals surface area contributed by atoms with Crippen molar-refractivity contribution in [3.8, 4) is 0 Å². The Labute approximate surface area is 122 Å². The molecule has 0 saturated carbocycles. The van der Waals surface area contributed by atoms with Gasteiger partial charge in [-0.1, -0.05) is 0 Å². The summed E-state index contributed by atoms with van der Waals surface area (Å²) in [6.45, 7) is 4.00. The van der Waals surface area contributed by atoms with Crippen LogP contribution in [0.4, 0.5) is 0 Å². The van der Waals surface area contributed by atoms with Crippen LogP contribution in [-0.2, 0) is 46.3 Å². The molecular formula is C9H18O10P2. The number of hydrogen-bond donors (Lipinski definition) is 0. The number of phosphoric acid groups is 2. The van der Waals surface area contributed by atoms with Crippen molar-refractivity contribution in [2.45, 2.75) is 39.1 Å². The topological polar surface area (TPSA) is 108 Å². The Morgan fingerprint density at radius 1 is 0.714 bits per heavy atom. The number of phosphoric ester groups is 1. The van der Waals surface area contributed by atoms with E-state index in [9.17, 15) is 9.13 Å². The zero-order chi connectivity index (χ0) is 15.5. The molecule has 0 N–H and O–H groups in total. The summed E-state index contributed by atoms with van der Waals surface area (Å²) in [5.41, 5.74) is 0. The minimum absolute atomic E-state index is 0.198. The van der Waals surface area contributed by atoms with Gasteiger partial charge in [-0.25, -0.2) is 18.9 Å². The van der Waals surface area contributed by atoms with Gasteiger partial charge >= 0.3 is 15.6 Å². The van der Waals surface area contributed by atoms with E-state index in [0.717, 1.165) is 0 Å². The SMILES string of the molecule is CC1COOP2(=O)OCC(C)OP(=O)(O1)OC(C)COO2. The molecule has 2 aliphatic rings. The number of hydrogen-bond acceptors (Lipinski definition) is 10. The average molecular weight is 348 g/mol. The Kier molecular flexibility index (Phi) is 5.95. The maximum Gasteiger partial charge on any atom is 0.529 e. The van der Waals surface area contributed by atoms with Crippen LogP contribution in [0.15, 0.2) is 0 Å². The molecule has 2 bridgehead atoms. The van der Waals surface area contributed by atoms with Gasteiger partial charge in [0, 0.05) is 0 Å². The molecule has 2 saturated heterocycles. The molecule has 0 amide bonds. The first-order valence-corrected chi connectivity index (χ1v) is 9.25. The zero-order valence-corrected chi connectivity index (χ0v) is 13.6. The van der Waals surface area contributed by atoms with E-state index in [1.54, 1.807) is 13.8 Å². The summed E-state index contributed by atoms with van der Waals surface area (Å²) in [5.74, 6) is 0. The first kappa shape index (κ1) is 17.5. The summed E-state index contributed by atoms with van der Waals surface area (Å²) in [6.07, 6.45) is -2.17. The first-order valence-electron chi connectivity index (χ1n) is 6.32. The van der Waals surface area contributed by atoms with Crippen molar-refractivity contribution in [3.63, 3.8) is 0 Å². The zero-order valence-electron chi connectivity index (χ0n) is 11.8. The Balaban J connectivity index is 2.30. The smallest absolute Gasteiger partial charge is 0.281 e. The van der Waals surface area contributed by atoms with Crippen LogP contribution in [0.25, 0.3) is 0 Å². The molecule has 0 aromatic rings. The summed E-state index contributed by atoms with van der Waals surface area (Å²) in [6, 6.07) is 0. The van der Waals surface area contributed by atoms with E-state index in [2.05, 4.69) is 9.35 Å². The van der Waals surface area contributed by atoms with Crippen LogP contribution in [0, 0.1) is 0 Å². The highest BCUT2D eigenvalue weighted by Crippen LogP contribution is 2.56. The van der Waals surface area contributed by atoms with Gasteiger partial charge in [-0.2, -0.15) is 0 Å². The predicted molar refractivity (Wildman–Crippen MR) is 66.9 cm³/mol. The molecule has 21 heavy (non-hydrogen) atoms. The third kappa shape index (κ3) is 5.37. The molecule has 3 atom stereocenters. The molecule has 2 rings (SSSR count). The lowest BCUT2D eigenvalue weighted by atomic mass is 10.5. The highest BCUT2D eigenvalue weighted by atomic mass is 31.2. The second-order valence-electron chi connectivity index (χ2n) is 4.66. The standard InChI is InChI=1S/C9H18O10P2/c1-7-4-12-18-20(10)14-6-9(3)17-21(11,15-7)16-8(2)5-13-19-20/h7-9H,4-6H2,1-3H3. The van der Waals surface area contributed by atoms with E-state index >= 15 is 0 Å². The van der Waals surface area contributed by atoms with E-state index in [-0.39, 0.29) is 19.8 Å². The van der Waals surface area contributed by atoms with Gasteiger partial charge in [0.15, 0.2) is 0 Å². The van der Waals surface area contributed by atoms with E-state index in [0.29, 0.717) is 0 Å². The van der Waals surface area contributed by atoms with Crippen molar-refractivity contribution in [1.82, 2.24) is 0 Å². The van der Waals surface area contributed by atoms with Crippen molar-refractivity contribution >= 4 is 15.6 Å². The Morgan fingerprint density at radius 2 is 1.14 bits per heavy atom. The van der Waals surface area contributed by atoms with Gasteiger partial charge in [0.1, 0.15) is 13.2 Å². The van der Waals surface area contributed by atoms with Crippen molar-refractivity contribution in [2.75, 3.05) is 19.8 Å². The fourth-order valence-corrected chi connectivity index (χ4v) is 4.00. The molecule has 0 spiro atoms.